The van der Waals surface area contributed by atoms with E-state index in [1.165, 1.54) is 11.1 Å². The molecule has 1 aliphatic rings. The van der Waals surface area contributed by atoms with Crippen LogP contribution in [-0.2, 0) is 12.1 Å². The third kappa shape index (κ3) is 3.63. The monoisotopic (exact) mass is 306 g/mol. The Morgan fingerprint density at radius 2 is 1.96 bits per heavy atom. The number of hydrogen-bond donors (Lipinski definition) is 3. The van der Waals surface area contributed by atoms with Gasteiger partial charge in [0.2, 0.25) is 0 Å². The molecule has 0 aliphatic heterocycles. The molecule has 118 valence electrons. The normalized spacial score (nSPS) is 20.8. The molecule has 3 heteroatoms. The number of rotatable bonds is 4. The summed E-state index contributed by atoms with van der Waals surface area (Å²) in [5, 5.41) is 3.36. The van der Waals surface area contributed by atoms with Gasteiger partial charge in [-0.2, -0.15) is 0 Å². The van der Waals surface area contributed by atoms with Crippen molar-refractivity contribution in [2.24, 2.45) is 11.5 Å². The van der Waals surface area contributed by atoms with Crippen molar-refractivity contribution in [3.8, 4) is 0 Å². The molecule has 1 unspecified atom stereocenters. The van der Waals surface area contributed by atoms with Crippen LogP contribution in [0.3, 0.4) is 0 Å². The first-order valence-electron chi connectivity index (χ1n) is 8.31. The van der Waals surface area contributed by atoms with E-state index in [-0.39, 0.29) is 0 Å². The van der Waals surface area contributed by atoms with E-state index >= 15 is 0 Å². The average Bonchev–Trinajstić information content (AvgIpc) is 2.57. The highest BCUT2D eigenvalue weighted by Crippen LogP contribution is 2.29. The molecule has 3 nitrogen and oxygen atoms in total. The molecule has 0 spiro atoms. The summed E-state index contributed by atoms with van der Waals surface area (Å²) in [4.78, 5) is 0. The highest BCUT2D eigenvalue weighted by Gasteiger charge is 2.24. The Hall–Kier alpha value is -2.52. The molecule has 0 amide bonds. The minimum atomic E-state index is -0.657. The van der Waals surface area contributed by atoms with Crippen LogP contribution >= 0.6 is 0 Å². The number of benzene rings is 2. The van der Waals surface area contributed by atoms with E-state index in [9.17, 15) is 0 Å². The fraction of sp³-hybridized carbons (Fsp3) is 0.200. The molecule has 2 aromatic carbocycles. The lowest BCUT2D eigenvalue weighted by molar-refractivity contribution is 0.562. The molecule has 1 aliphatic carbocycles. The van der Waals surface area contributed by atoms with Crippen LogP contribution in [-0.4, -0.2) is 0 Å². The summed E-state index contributed by atoms with van der Waals surface area (Å²) in [6.45, 7) is 2.81. The van der Waals surface area contributed by atoms with Crippen molar-refractivity contribution in [1.82, 2.24) is 0 Å². The van der Waals surface area contributed by atoms with Crippen molar-refractivity contribution in [3.05, 3.63) is 89.1 Å². The van der Waals surface area contributed by atoms with Crippen molar-refractivity contribution < 1.29 is 1.37 Å². The van der Waals surface area contributed by atoms with E-state index in [1.54, 1.807) is 0 Å². The quantitative estimate of drug-likeness (QED) is 0.809. The summed E-state index contributed by atoms with van der Waals surface area (Å²) >= 11 is 0. The molecule has 0 radical (unpaired) electrons. The Labute approximate surface area is 139 Å². The van der Waals surface area contributed by atoms with Crippen LogP contribution in [0, 0.1) is 6.92 Å². The summed E-state index contributed by atoms with van der Waals surface area (Å²) in [7, 11) is 0. The molecule has 0 saturated heterocycles. The first kappa shape index (κ1) is 14.1. The third-order valence-electron chi connectivity index (χ3n) is 4.18. The topological polar surface area (TPSA) is 64.1 Å². The second kappa shape index (κ2) is 6.31. The lowest BCUT2D eigenvalue weighted by Gasteiger charge is -2.28. The summed E-state index contributed by atoms with van der Waals surface area (Å²) in [6.07, 6.45) is 6.21. The molecular formula is C20H23N3. The highest BCUT2D eigenvalue weighted by atomic mass is 14.9. The fourth-order valence-corrected chi connectivity index (χ4v) is 2.60. The van der Waals surface area contributed by atoms with E-state index in [1.807, 2.05) is 36.4 Å². The van der Waals surface area contributed by atoms with Crippen molar-refractivity contribution in [3.63, 3.8) is 0 Å². The van der Waals surface area contributed by atoms with Gasteiger partial charge >= 0.3 is 0 Å². The standard InChI is InChI=1S/C20H23N3/c1-15-2-4-16(5-3-15)14-23-19-8-6-17(7-9-19)20(22)12-10-18(21)11-13-20/h2-12,23H,13-14,21-22H2,1H3/i6D. The first-order chi connectivity index (χ1) is 11.5. The number of nitrogens with one attached hydrogen (secondary N) is 1. The molecule has 2 aromatic rings. The number of hydrogen-bond acceptors (Lipinski definition) is 3. The summed E-state index contributed by atoms with van der Waals surface area (Å²) in [5.41, 5.74) is 16.5. The lowest BCUT2D eigenvalue weighted by Crippen LogP contribution is -2.35. The molecule has 0 aromatic heterocycles. The summed E-state index contributed by atoms with van der Waals surface area (Å²) < 4.78 is 8.33. The van der Waals surface area contributed by atoms with Gasteiger partial charge in [-0.1, -0.05) is 54.1 Å². The maximum Gasteiger partial charge on any atom is 0.0634 e. The van der Waals surface area contributed by atoms with Crippen molar-refractivity contribution in [2.45, 2.75) is 25.4 Å². The smallest absolute Gasteiger partial charge is 0.0634 e. The Morgan fingerprint density at radius 3 is 2.61 bits per heavy atom. The van der Waals surface area contributed by atoms with Gasteiger partial charge < -0.3 is 16.8 Å². The van der Waals surface area contributed by atoms with Crippen LogP contribution in [0.4, 0.5) is 5.69 Å². The molecule has 0 heterocycles. The predicted molar refractivity (Wildman–Crippen MR) is 96.8 cm³/mol. The minimum absolute atomic E-state index is 0.435. The Kier molecular flexibility index (Phi) is 3.86. The summed E-state index contributed by atoms with van der Waals surface area (Å²) in [5.74, 6) is 0. The zero-order valence-corrected chi connectivity index (χ0v) is 13.3. The molecule has 23 heavy (non-hydrogen) atoms. The van der Waals surface area contributed by atoms with E-state index in [4.69, 9.17) is 12.8 Å². The number of aryl methyl sites for hydroxylation is 1. The van der Waals surface area contributed by atoms with Crippen LogP contribution in [0.5, 0.6) is 0 Å². The number of anilines is 1. The maximum absolute atomic E-state index is 8.33. The van der Waals surface area contributed by atoms with E-state index in [0.717, 1.165) is 23.5 Å². The van der Waals surface area contributed by atoms with Crippen molar-refractivity contribution in [2.75, 3.05) is 5.32 Å². The Morgan fingerprint density at radius 1 is 1.17 bits per heavy atom. The van der Waals surface area contributed by atoms with E-state index in [2.05, 4.69) is 36.5 Å². The van der Waals surface area contributed by atoms with Crippen LogP contribution in [0.2, 0.25) is 0 Å². The van der Waals surface area contributed by atoms with Gasteiger partial charge in [0.05, 0.1) is 6.91 Å². The van der Waals surface area contributed by atoms with Gasteiger partial charge in [0.15, 0.2) is 0 Å². The van der Waals surface area contributed by atoms with Gasteiger partial charge in [-0.3, -0.25) is 0 Å². The SMILES string of the molecule is [2H]c1cc(NCc2ccc(C)cc2)ccc1C1(N)C=CC(N)=CC1. The van der Waals surface area contributed by atoms with Gasteiger partial charge in [-0.05, 0) is 42.7 Å². The zero-order valence-electron chi connectivity index (χ0n) is 14.3. The molecule has 0 bridgehead atoms. The minimum Gasteiger partial charge on any atom is -0.399 e. The molecule has 3 rings (SSSR count). The molecular weight excluding hydrogens is 282 g/mol. The number of allylic oxidation sites excluding steroid dienone is 1. The molecule has 5 N–H and O–H groups in total. The largest absolute Gasteiger partial charge is 0.399 e. The van der Waals surface area contributed by atoms with Crippen LogP contribution in [0.1, 0.15) is 24.5 Å². The average molecular weight is 306 g/mol. The van der Waals surface area contributed by atoms with E-state index in [0.29, 0.717) is 12.5 Å². The van der Waals surface area contributed by atoms with Crippen molar-refractivity contribution >= 4 is 5.69 Å². The predicted octanol–water partition coefficient (Wildman–Crippen LogP) is 3.56. The van der Waals surface area contributed by atoms with Crippen LogP contribution in [0.15, 0.2) is 72.4 Å². The molecule has 0 fully saturated rings. The fourth-order valence-electron chi connectivity index (χ4n) is 2.60. The highest BCUT2D eigenvalue weighted by molar-refractivity contribution is 5.48. The number of nitrogens with two attached hydrogens (primary N) is 2. The van der Waals surface area contributed by atoms with Crippen molar-refractivity contribution in [1.29, 1.82) is 0 Å². The Balaban J connectivity index is 1.73. The zero-order chi connectivity index (χ0) is 17.2. The Bertz CT molecular complexity index is 793. The van der Waals surface area contributed by atoms with E-state index < -0.39 is 5.54 Å². The third-order valence-corrected chi connectivity index (χ3v) is 4.18. The van der Waals surface area contributed by atoms with Gasteiger partial charge in [0.25, 0.3) is 0 Å². The van der Waals surface area contributed by atoms with Crippen LogP contribution < -0.4 is 16.8 Å². The van der Waals surface area contributed by atoms with Gasteiger partial charge in [-0.25, -0.2) is 0 Å². The first-order valence-corrected chi connectivity index (χ1v) is 7.81. The van der Waals surface area contributed by atoms with Gasteiger partial charge in [0, 0.05) is 17.9 Å². The lowest BCUT2D eigenvalue weighted by atomic mass is 9.84. The molecule has 1 atom stereocenters. The maximum atomic E-state index is 8.33. The second-order valence-electron chi connectivity index (χ2n) is 6.11. The van der Waals surface area contributed by atoms with Crippen LogP contribution in [0.25, 0.3) is 0 Å². The summed E-state index contributed by atoms with van der Waals surface area (Å²) in [6, 6.07) is 14.6. The second-order valence-corrected chi connectivity index (χ2v) is 6.11. The van der Waals surface area contributed by atoms with Gasteiger partial charge in [-0.15, -0.1) is 0 Å². The molecule has 0 saturated carbocycles. The van der Waals surface area contributed by atoms with Gasteiger partial charge in [0.1, 0.15) is 0 Å².